The van der Waals surface area contributed by atoms with Gasteiger partial charge in [-0.05, 0) is 65.6 Å². The van der Waals surface area contributed by atoms with Crippen LogP contribution in [-0.4, -0.2) is 12.2 Å². The highest BCUT2D eigenvalue weighted by atomic mass is 16.5. The number of aliphatic hydroxyl groups excluding tert-OH is 1. The molecule has 0 aromatic heterocycles. The molecule has 0 radical (unpaired) electrons. The molecular weight excluding hydrogens is 332 g/mol. The van der Waals surface area contributed by atoms with E-state index < -0.39 is 0 Å². The summed E-state index contributed by atoms with van der Waals surface area (Å²) in [6.07, 6.45) is 2.27. The summed E-state index contributed by atoms with van der Waals surface area (Å²) in [5, 5.41) is 10.2. The van der Waals surface area contributed by atoms with Gasteiger partial charge in [-0.3, -0.25) is 0 Å². The molecule has 0 saturated heterocycles. The molecule has 1 N–H and O–H groups in total. The molecule has 27 heavy (non-hydrogen) atoms. The van der Waals surface area contributed by atoms with Gasteiger partial charge in [0.1, 0.15) is 5.75 Å². The topological polar surface area (TPSA) is 29.5 Å². The van der Waals surface area contributed by atoms with Crippen molar-refractivity contribution in [1.29, 1.82) is 0 Å². The van der Waals surface area contributed by atoms with E-state index in [9.17, 15) is 5.11 Å². The fourth-order valence-corrected chi connectivity index (χ4v) is 3.47. The molecule has 0 aliphatic heterocycles. The van der Waals surface area contributed by atoms with Crippen LogP contribution in [0.4, 0.5) is 0 Å². The van der Waals surface area contributed by atoms with Crippen LogP contribution in [0, 0.1) is 19.3 Å². The van der Waals surface area contributed by atoms with Crippen LogP contribution in [0.5, 0.6) is 5.75 Å². The van der Waals surface area contributed by atoms with Gasteiger partial charge < -0.3 is 9.84 Å². The largest absolute Gasteiger partial charge is 0.496 e. The van der Waals surface area contributed by atoms with Crippen LogP contribution < -0.4 is 4.74 Å². The van der Waals surface area contributed by atoms with E-state index in [1.54, 1.807) is 7.11 Å². The van der Waals surface area contributed by atoms with Crippen LogP contribution in [0.15, 0.2) is 36.4 Å². The first kappa shape index (κ1) is 23.0. The van der Waals surface area contributed by atoms with Crippen molar-refractivity contribution < 1.29 is 9.84 Å². The highest BCUT2D eigenvalue weighted by Gasteiger charge is 2.17. The first-order valence-corrected chi connectivity index (χ1v) is 9.76. The van der Waals surface area contributed by atoms with Gasteiger partial charge in [0.15, 0.2) is 0 Å². The fourth-order valence-electron chi connectivity index (χ4n) is 3.47. The molecule has 2 nitrogen and oxygen atoms in total. The Morgan fingerprint density at radius 2 is 1.63 bits per heavy atom. The quantitative estimate of drug-likeness (QED) is 0.633. The normalized spacial score (nSPS) is 11.7. The van der Waals surface area contributed by atoms with E-state index in [0.717, 1.165) is 33.6 Å². The molecule has 0 aliphatic rings. The number of rotatable bonds is 4. The maximum atomic E-state index is 10.2. The predicted molar refractivity (Wildman–Crippen MR) is 118 cm³/mol. The van der Waals surface area contributed by atoms with Crippen molar-refractivity contribution in [3.05, 3.63) is 58.7 Å². The van der Waals surface area contributed by atoms with Gasteiger partial charge in [0.2, 0.25) is 0 Å². The number of ether oxygens (including phenoxy) is 1. The molecule has 2 aromatic carbocycles. The predicted octanol–water partition coefficient (Wildman–Crippen LogP) is 6.95. The second kappa shape index (κ2) is 9.75. The van der Waals surface area contributed by atoms with Crippen molar-refractivity contribution in [1.82, 2.24) is 0 Å². The average Bonchev–Trinajstić information content (AvgIpc) is 2.61. The van der Waals surface area contributed by atoms with Crippen molar-refractivity contribution >= 4 is 5.57 Å². The minimum Gasteiger partial charge on any atom is -0.496 e. The molecule has 148 valence electrons. The van der Waals surface area contributed by atoms with Crippen LogP contribution >= 0.6 is 0 Å². The highest BCUT2D eigenvalue weighted by molar-refractivity contribution is 5.81. The molecule has 2 aromatic rings. The maximum absolute atomic E-state index is 10.2. The Labute approximate surface area is 165 Å². The molecule has 2 heteroatoms. The molecule has 0 bridgehead atoms. The Kier molecular flexibility index (Phi) is 8.30. The molecule has 0 unspecified atom stereocenters. The Hall–Kier alpha value is -2.06. The van der Waals surface area contributed by atoms with Crippen molar-refractivity contribution in [2.45, 2.75) is 62.0 Å². The average molecular weight is 369 g/mol. The number of benzene rings is 2. The minimum absolute atomic E-state index is 0.00129. The van der Waals surface area contributed by atoms with E-state index in [2.05, 4.69) is 71.9 Å². The number of methoxy groups -OCH3 is 1. The monoisotopic (exact) mass is 368 g/mol. The highest BCUT2D eigenvalue weighted by Crippen LogP contribution is 2.38. The smallest absolute Gasteiger partial charge is 0.126 e. The van der Waals surface area contributed by atoms with Crippen LogP contribution in [0.25, 0.3) is 16.7 Å². The molecule has 0 heterocycles. The van der Waals surface area contributed by atoms with Crippen molar-refractivity contribution in [3.8, 4) is 16.9 Å². The second-order valence-corrected chi connectivity index (χ2v) is 7.84. The summed E-state index contributed by atoms with van der Waals surface area (Å²) in [6, 6.07) is 10.4. The van der Waals surface area contributed by atoms with Crippen molar-refractivity contribution in [2.75, 3.05) is 7.11 Å². The first-order valence-electron chi connectivity index (χ1n) is 9.76. The SMILES string of the molecule is CC.COc1cc(C)ccc1-c1ccc(C)c(/C(C)=C\C(C)(C)C)c1CO. The van der Waals surface area contributed by atoms with Crippen LogP contribution in [-0.2, 0) is 6.61 Å². The van der Waals surface area contributed by atoms with Gasteiger partial charge in [0, 0.05) is 5.56 Å². The zero-order valence-electron chi connectivity index (χ0n) is 18.5. The number of aliphatic hydroxyl groups is 1. The fraction of sp³-hybridized carbons (Fsp3) is 0.440. The Morgan fingerprint density at radius 1 is 1.04 bits per heavy atom. The van der Waals surface area contributed by atoms with E-state index in [1.165, 1.54) is 11.1 Å². The molecule has 0 fully saturated rings. The molecule has 0 spiro atoms. The summed E-state index contributed by atoms with van der Waals surface area (Å²) < 4.78 is 5.60. The third-order valence-corrected chi connectivity index (χ3v) is 4.37. The number of hydrogen-bond donors (Lipinski definition) is 1. The maximum Gasteiger partial charge on any atom is 0.126 e. The first-order chi connectivity index (χ1) is 12.7. The van der Waals surface area contributed by atoms with Crippen LogP contribution in [0.3, 0.4) is 0 Å². The summed E-state index contributed by atoms with van der Waals surface area (Å²) in [4.78, 5) is 0. The van der Waals surface area contributed by atoms with E-state index in [4.69, 9.17) is 4.74 Å². The van der Waals surface area contributed by atoms with Gasteiger partial charge in [-0.15, -0.1) is 0 Å². The van der Waals surface area contributed by atoms with Gasteiger partial charge in [-0.25, -0.2) is 0 Å². The lowest BCUT2D eigenvalue weighted by Gasteiger charge is -2.21. The summed E-state index contributed by atoms with van der Waals surface area (Å²) in [6.45, 7) is 16.9. The Bertz CT molecular complexity index is 793. The Morgan fingerprint density at radius 3 is 2.15 bits per heavy atom. The van der Waals surface area contributed by atoms with E-state index >= 15 is 0 Å². The number of allylic oxidation sites excluding steroid dienone is 2. The van der Waals surface area contributed by atoms with Gasteiger partial charge in [0.25, 0.3) is 0 Å². The number of hydrogen-bond acceptors (Lipinski definition) is 2. The lowest BCUT2D eigenvalue weighted by atomic mass is 9.85. The molecular formula is C25H36O2. The van der Waals surface area contributed by atoms with Crippen LogP contribution in [0.2, 0.25) is 0 Å². The standard InChI is InChI=1S/C23H30O2.C2H6/c1-15-8-10-19(21(12-15)25-7)18-11-9-16(2)22(20(18)14-24)17(3)13-23(4,5)6;1-2/h8-13,24H,14H2,1-7H3;1-2H3/b17-13-;. The number of aryl methyl sites for hydroxylation is 2. The molecule has 0 aliphatic carbocycles. The van der Waals surface area contributed by atoms with E-state index in [0.29, 0.717) is 0 Å². The third-order valence-electron chi connectivity index (χ3n) is 4.37. The van der Waals surface area contributed by atoms with E-state index in [-0.39, 0.29) is 12.0 Å². The molecule has 0 saturated carbocycles. The van der Waals surface area contributed by atoms with Gasteiger partial charge >= 0.3 is 0 Å². The van der Waals surface area contributed by atoms with Crippen molar-refractivity contribution in [2.24, 2.45) is 5.41 Å². The van der Waals surface area contributed by atoms with Crippen molar-refractivity contribution in [3.63, 3.8) is 0 Å². The summed E-state index contributed by atoms with van der Waals surface area (Å²) >= 11 is 0. The lowest BCUT2D eigenvalue weighted by Crippen LogP contribution is -2.04. The molecule has 0 atom stereocenters. The molecule has 0 amide bonds. The lowest BCUT2D eigenvalue weighted by molar-refractivity contribution is 0.282. The Balaban J connectivity index is 0.00000176. The zero-order chi connectivity index (χ0) is 20.8. The third kappa shape index (κ3) is 5.71. The summed E-state index contributed by atoms with van der Waals surface area (Å²) in [7, 11) is 1.69. The minimum atomic E-state index is -0.00129. The van der Waals surface area contributed by atoms with Gasteiger partial charge in [-0.1, -0.05) is 65.0 Å². The molecule has 2 rings (SSSR count). The van der Waals surface area contributed by atoms with Crippen LogP contribution in [0.1, 0.15) is 63.8 Å². The zero-order valence-corrected chi connectivity index (χ0v) is 18.5. The van der Waals surface area contributed by atoms with E-state index in [1.807, 2.05) is 19.9 Å². The second-order valence-electron chi connectivity index (χ2n) is 7.84. The van der Waals surface area contributed by atoms with Gasteiger partial charge in [-0.2, -0.15) is 0 Å². The summed E-state index contributed by atoms with van der Waals surface area (Å²) in [5.41, 5.74) is 7.75. The van der Waals surface area contributed by atoms with Gasteiger partial charge in [0.05, 0.1) is 13.7 Å². The summed E-state index contributed by atoms with van der Waals surface area (Å²) in [5.74, 6) is 0.835.